The van der Waals surface area contributed by atoms with Crippen molar-refractivity contribution in [3.63, 3.8) is 0 Å². The van der Waals surface area contributed by atoms with Gasteiger partial charge in [0.15, 0.2) is 0 Å². The molecule has 5 aliphatic carbocycles. The van der Waals surface area contributed by atoms with Crippen molar-refractivity contribution < 1.29 is 24.2 Å². The molecule has 1 aromatic carbocycles. The van der Waals surface area contributed by atoms with Gasteiger partial charge in [0.2, 0.25) is 5.91 Å². The highest BCUT2D eigenvalue weighted by molar-refractivity contribution is 6.02. The van der Waals surface area contributed by atoms with Crippen LogP contribution in [-0.2, 0) is 9.53 Å². The van der Waals surface area contributed by atoms with Crippen molar-refractivity contribution in [2.45, 2.75) is 138 Å². The number of benzene rings is 1. The van der Waals surface area contributed by atoms with E-state index in [1.807, 2.05) is 0 Å². The van der Waals surface area contributed by atoms with Crippen LogP contribution in [0.1, 0.15) is 153 Å². The number of fused-ring (bicyclic) bond motifs is 7. The van der Waals surface area contributed by atoms with E-state index in [1.54, 1.807) is 23.8 Å². The largest absolute Gasteiger partial charge is 0.478 e. The van der Waals surface area contributed by atoms with Gasteiger partial charge >= 0.3 is 11.9 Å². The molecule has 5 fully saturated rings. The van der Waals surface area contributed by atoms with E-state index in [1.165, 1.54) is 25.3 Å². The number of amides is 1. The number of ether oxygens (including phenoxy) is 1. The number of piperidine rings is 1. The number of likely N-dealkylation sites (tertiary alicyclic amines) is 1. The lowest BCUT2D eigenvalue weighted by Crippen LogP contribution is -2.65. The van der Waals surface area contributed by atoms with E-state index in [-0.39, 0.29) is 55.6 Å². The molecular weight excluding hydrogens is 649 g/mol. The highest BCUT2D eigenvalue weighted by atomic mass is 16.5. The number of carboxylic acid groups (broad SMARTS) is 1. The Morgan fingerprint density at radius 1 is 0.846 bits per heavy atom. The molecule has 286 valence electrons. The molecular formula is C45H66N2O5. The summed E-state index contributed by atoms with van der Waals surface area (Å²) in [6.07, 6.45) is 16.5. The molecule has 1 amide bonds. The Labute approximate surface area is 313 Å². The average molecular weight is 715 g/mol. The first-order chi connectivity index (χ1) is 24.5. The maximum Gasteiger partial charge on any atom is 0.339 e. The third kappa shape index (κ3) is 5.89. The predicted molar refractivity (Wildman–Crippen MR) is 205 cm³/mol. The molecule has 1 aliphatic heterocycles. The number of allylic oxidation sites excluding steroid dienone is 2. The molecule has 7 rings (SSSR count). The van der Waals surface area contributed by atoms with E-state index >= 15 is 0 Å². The lowest BCUT2D eigenvalue weighted by atomic mass is 9.33. The highest BCUT2D eigenvalue weighted by Gasteiger charge is 2.69. The van der Waals surface area contributed by atoms with Gasteiger partial charge in [-0.25, -0.2) is 9.59 Å². The van der Waals surface area contributed by atoms with Gasteiger partial charge in [-0.2, -0.15) is 0 Å². The van der Waals surface area contributed by atoms with Crippen LogP contribution in [0.15, 0.2) is 35.9 Å². The second-order valence-electron chi connectivity index (χ2n) is 20.1. The van der Waals surface area contributed by atoms with Crippen LogP contribution in [0.4, 0.5) is 0 Å². The molecule has 2 N–H and O–H groups in total. The number of rotatable bonds is 7. The summed E-state index contributed by atoms with van der Waals surface area (Å²) in [4.78, 5) is 42.4. The van der Waals surface area contributed by atoms with Gasteiger partial charge in [-0.1, -0.05) is 78.7 Å². The van der Waals surface area contributed by atoms with E-state index in [0.29, 0.717) is 17.7 Å². The Morgan fingerprint density at radius 3 is 2.25 bits per heavy atom. The first kappa shape index (κ1) is 37.6. The van der Waals surface area contributed by atoms with Gasteiger partial charge in [0, 0.05) is 18.5 Å². The van der Waals surface area contributed by atoms with E-state index in [9.17, 15) is 19.5 Å². The topological polar surface area (TPSA) is 95.9 Å². The minimum Gasteiger partial charge on any atom is -0.478 e. The van der Waals surface area contributed by atoms with Crippen LogP contribution >= 0.6 is 0 Å². The van der Waals surface area contributed by atoms with Crippen molar-refractivity contribution in [2.24, 2.45) is 50.2 Å². The first-order valence-electron chi connectivity index (χ1n) is 20.7. The molecule has 1 saturated heterocycles. The van der Waals surface area contributed by atoms with Gasteiger partial charge in [-0.15, -0.1) is 0 Å². The highest BCUT2D eigenvalue weighted by Crippen LogP contribution is 2.76. The summed E-state index contributed by atoms with van der Waals surface area (Å²) in [7, 11) is 0. The first-order valence-corrected chi connectivity index (χ1v) is 20.7. The number of carbonyl (C=O) groups excluding carboxylic acids is 2. The smallest absolute Gasteiger partial charge is 0.339 e. The van der Waals surface area contributed by atoms with Crippen molar-refractivity contribution in [3.8, 4) is 0 Å². The number of carboxylic acids is 1. The number of aromatic carboxylic acids is 1. The second-order valence-corrected chi connectivity index (χ2v) is 20.1. The summed E-state index contributed by atoms with van der Waals surface area (Å²) in [5, 5.41) is 13.2. The van der Waals surface area contributed by atoms with Gasteiger partial charge in [0.25, 0.3) is 0 Å². The van der Waals surface area contributed by atoms with Crippen molar-refractivity contribution in [2.75, 3.05) is 26.2 Å². The van der Waals surface area contributed by atoms with Crippen LogP contribution in [0.3, 0.4) is 0 Å². The summed E-state index contributed by atoms with van der Waals surface area (Å²) in [5.41, 5.74) is 1.59. The van der Waals surface area contributed by atoms with Crippen LogP contribution < -0.4 is 5.32 Å². The molecule has 0 spiro atoms. The van der Waals surface area contributed by atoms with Gasteiger partial charge in [-0.05, 0) is 142 Å². The minimum atomic E-state index is -1.11. The number of esters is 1. The van der Waals surface area contributed by atoms with Gasteiger partial charge in [0.1, 0.15) is 6.10 Å². The number of nitrogens with zero attached hydrogens (tertiary/aromatic N) is 1. The molecule has 7 heteroatoms. The van der Waals surface area contributed by atoms with E-state index in [0.717, 1.165) is 90.4 Å². The average Bonchev–Trinajstić information content (AvgIpc) is 3.10. The zero-order chi connectivity index (χ0) is 37.3. The quantitative estimate of drug-likeness (QED) is 0.216. The SMILES string of the molecule is CC1(C)CC[C@]2(C(=O)NCCN3CCCCC3)CC[C@]3(C)C(=CC[C@@H]4[C@@]5(C)CC[C@H](OC(=O)c6ccccc6C(=O)O)C(C)(C)[C@@H]5CC[C@]43C)[C@@H]2C1. The summed E-state index contributed by atoms with van der Waals surface area (Å²) in [6.45, 7) is 21.2. The number of carbonyl (C=O) groups is 3. The van der Waals surface area contributed by atoms with Crippen molar-refractivity contribution in [1.29, 1.82) is 0 Å². The third-order valence-corrected chi connectivity index (χ3v) is 16.8. The molecule has 0 unspecified atom stereocenters. The van der Waals surface area contributed by atoms with Crippen molar-refractivity contribution in [1.82, 2.24) is 10.2 Å². The van der Waals surface area contributed by atoms with Crippen molar-refractivity contribution >= 4 is 17.8 Å². The zero-order valence-corrected chi connectivity index (χ0v) is 33.2. The standard InChI is InChI=1S/C45H66N2O5/c1-40(2)21-23-45(39(51)46-25-28-47-26-11-8-12-27-47)24-22-43(6)32(33(45)29-40)15-16-35-42(5)19-18-36(41(3,4)34(42)17-20-44(35,43)7)52-38(50)31-14-10-9-13-30(31)37(48)49/h9-10,13-15,33-36H,8,11-12,16-29H2,1-7H3,(H,46,51)(H,48,49)/t33-,34-,35+,36-,42-,43+,44+,45-/m0/s1. The molecule has 1 aromatic rings. The fourth-order valence-electron chi connectivity index (χ4n) is 13.6. The normalized spacial score (nSPS) is 39.4. The molecule has 0 bridgehead atoms. The van der Waals surface area contributed by atoms with Gasteiger partial charge in [-0.3, -0.25) is 4.79 Å². The summed E-state index contributed by atoms with van der Waals surface area (Å²) >= 11 is 0. The van der Waals surface area contributed by atoms with Crippen LogP contribution in [-0.4, -0.2) is 60.1 Å². The maximum atomic E-state index is 14.5. The molecule has 8 atom stereocenters. The lowest BCUT2D eigenvalue weighted by Gasteiger charge is -2.71. The molecule has 52 heavy (non-hydrogen) atoms. The Morgan fingerprint density at radius 2 is 1.54 bits per heavy atom. The van der Waals surface area contributed by atoms with Crippen LogP contribution in [0.2, 0.25) is 0 Å². The molecule has 6 aliphatic rings. The Balaban J connectivity index is 1.14. The number of nitrogens with one attached hydrogen (secondary N) is 1. The molecule has 0 radical (unpaired) electrons. The van der Waals surface area contributed by atoms with Crippen LogP contribution in [0.25, 0.3) is 0 Å². The minimum absolute atomic E-state index is 0.00906. The fourth-order valence-corrected chi connectivity index (χ4v) is 13.6. The van der Waals surface area contributed by atoms with Crippen LogP contribution in [0, 0.1) is 50.2 Å². The summed E-state index contributed by atoms with van der Waals surface area (Å²) < 4.78 is 6.26. The Hall–Kier alpha value is -2.67. The van der Waals surface area contributed by atoms with Gasteiger partial charge in [0.05, 0.1) is 16.5 Å². The van der Waals surface area contributed by atoms with Crippen LogP contribution in [0.5, 0.6) is 0 Å². The zero-order valence-electron chi connectivity index (χ0n) is 33.2. The molecule has 7 nitrogen and oxygen atoms in total. The number of hydrogen-bond acceptors (Lipinski definition) is 5. The Bertz CT molecular complexity index is 1610. The summed E-state index contributed by atoms with van der Waals surface area (Å²) in [6, 6.07) is 6.39. The Kier molecular flexibility index (Phi) is 9.60. The molecule has 4 saturated carbocycles. The monoisotopic (exact) mass is 714 g/mol. The fraction of sp³-hybridized carbons (Fsp3) is 0.756. The second kappa shape index (κ2) is 13.3. The summed E-state index contributed by atoms with van der Waals surface area (Å²) in [5.74, 6) is -0.170. The van der Waals surface area contributed by atoms with Gasteiger partial charge < -0.3 is 20.1 Å². The maximum absolute atomic E-state index is 14.5. The third-order valence-electron chi connectivity index (χ3n) is 16.8. The predicted octanol–water partition coefficient (Wildman–Crippen LogP) is 9.31. The van der Waals surface area contributed by atoms with E-state index in [4.69, 9.17) is 4.74 Å². The number of hydrogen-bond donors (Lipinski definition) is 2. The van der Waals surface area contributed by atoms with E-state index < -0.39 is 11.9 Å². The molecule has 1 heterocycles. The molecule has 0 aromatic heterocycles. The lowest BCUT2D eigenvalue weighted by molar-refractivity contribution is -0.204. The van der Waals surface area contributed by atoms with E-state index in [2.05, 4.69) is 64.8 Å². The van der Waals surface area contributed by atoms with Crippen molar-refractivity contribution in [3.05, 3.63) is 47.0 Å².